The lowest BCUT2D eigenvalue weighted by molar-refractivity contribution is -0.138. The molecular formula is C21H21NO4. The Bertz CT molecular complexity index is 958. The van der Waals surface area contributed by atoms with Crippen molar-refractivity contribution < 1.29 is 13.9 Å². The number of allylic oxidation sites excluding steroid dienone is 2. The second kappa shape index (κ2) is 8.82. The van der Waals surface area contributed by atoms with Crippen molar-refractivity contribution >= 4 is 23.0 Å². The Hall–Kier alpha value is -3.13. The van der Waals surface area contributed by atoms with Crippen molar-refractivity contribution in [1.29, 1.82) is 5.26 Å². The van der Waals surface area contributed by atoms with Gasteiger partial charge in [-0.05, 0) is 43.0 Å². The fourth-order valence-electron chi connectivity index (χ4n) is 2.54. The van der Waals surface area contributed by atoms with Crippen molar-refractivity contribution in [2.75, 3.05) is 6.61 Å². The molecule has 2 aromatic rings. The number of benzene rings is 1. The Morgan fingerprint density at radius 1 is 1.35 bits per heavy atom. The van der Waals surface area contributed by atoms with Gasteiger partial charge >= 0.3 is 5.97 Å². The standard InChI is InChI=1S/C21H21NO4/c1-4-25-21(24)18(12-22)15(11-14(2)3)9-10-16-13-26-19-8-6-5-7-17(19)20(16)23/h5-10,13-14H,4,11H2,1-3H3/b10-9+,18-15-. The van der Waals surface area contributed by atoms with Crippen molar-refractivity contribution in [1.82, 2.24) is 0 Å². The number of hydrogen-bond donors (Lipinski definition) is 0. The molecule has 0 N–H and O–H groups in total. The van der Waals surface area contributed by atoms with Crippen LogP contribution in [0.3, 0.4) is 0 Å². The number of hydrogen-bond acceptors (Lipinski definition) is 5. The van der Waals surface area contributed by atoms with Gasteiger partial charge in [0.2, 0.25) is 0 Å². The molecule has 5 nitrogen and oxygen atoms in total. The minimum atomic E-state index is -0.652. The second-order valence-corrected chi connectivity index (χ2v) is 6.18. The Morgan fingerprint density at radius 3 is 2.73 bits per heavy atom. The number of esters is 1. The third kappa shape index (κ3) is 4.48. The van der Waals surface area contributed by atoms with E-state index in [1.807, 2.05) is 19.9 Å². The van der Waals surface area contributed by atoms with Crippen LogP contribution in [0.5, 0.6) is 0 Å². The largest absolute Gasteiger partial charge is 0.463 e. The van der Waals surface area contributed by atoms with E-state index in [0.717, 1.165) is 0 Å². The molecule has 0 atom stereocenters. The molecule has 0 amide bonds. The van der Waals surface area contributed by atoms with Crippen molar-refractivity contribution in [3.63, 3.8) is 0 Å². The summed E-state index contributed by atoms with van der Waals surface area (Å²) in [7, 11) is 0. The zero-order valence-electron chi connectivity index (χ0n) is 15.1. The van der Waals surface area contributed by atoms with Crippen LogP contribution < -0.4 is 5.43 Å². The molecule has 1 heterocycles. The molecule has 134 valence electrons. The molecule has 0 radical (unpaired) electrons. The minimum Gasteiger partial charge on any atom is -0.463 e. The molecule has 0 saturated heterocycles. The molecule has 0 fully saturated rings. The molecule has 2 rings (SSSR count). The van der Waals surface area contributed by atoms with E-state index in [-0.39, 0.29) is 23.5 Å². The second-order valence-electron chi connectivity index (χ2n) is 6.18. The number of nitrogens with zero attached hydrogens (tertiary/aromatic N) is 1. The van der Waals surface area contributed by atoms with Gasteiger partial charge in [0.15, 0.2) is 5.43 Å². The van der Waals surface area contributed by atoms with Crippen LogP contribution in [0.25, 0.3) is 17.0 Å². The molecule has 0 unspecified atom stereocenters. The van der Waals surface area contributed by atoms with E-state index < -0.39 is 5.97 Å². The Morgan fingerprint density at radius 2 is 2.08 bits per heavy atom. The number of nitriles is 1. The molecule has 0 aliphatic carbocycles. The molecule has 0 aliphatic heterocycles. The summed E-state index contributed by atoms with van der Waals surface area (Å²) in [5.74, 6) is -0.429. The highest BCUT2D eigenvalue weighted by atomic mass is 16.5. The number of rotatable bonds is 6. The van der Waals surface area contributed by atoms with Crippen molar-refractivity contribution in [3.8, 4) is 6.07 Å². The van der Waals surface area contributed by atoms with Crippen LogP contribution in [0, 0.1) is 17.2 Å². The molecule has 5 heteroatoms. The van der Waals surface area contributed by atoms with Gasteiger partial charge in [0.05, 0.1) is 17.6 Å². The smallest absolute Gasteiger partial charge is 0.349 e. The van der Waals surface area contributed by atoms with E-state index in [1.165, 1.54) is 6.26 Å². The number of carbonyl (C=O) groups excluding carboxylic acids is 1. The maximum atomic E-state index is 12.6. The van der Waals surface area contributed by atoms with Gasteiger partial charge in [0.25, 0.3) is 0 Å². The van der Waals surface area contributed by atoms with E-state index in [2.05, 4.69) is 0 Å². The van der Waals surface area contributed by atoms with E-state index in [4.69, 9.17) is 9.15 Å². The number of para-hydroxylation sites is 1. The first-order valence-electron chi connectivity index (χ1n) is 8.46. The lowest BCUT2D eigenvalue weighted by Crippen LogP contribution is -2.10. The average molecular weight is 351 g/mol. The summed E-state index contributed by atoms with van der Waals surface area (Å²) in [4.78, 5) is 24.6. The van der Waals surface area contributed by atoms with Gasteiger partial charge in [-0.15, -0.1) is 0 Å². The highest BCUT2D eigenvalue weighted by molar-refractivity contribution is 5.94. The minimum absolute atomic E-state index is 0.0398. The Kier molecular flexibility index (Phi) is 6.51. The van der Waals surface area contributed by atoms with Gasteiger partial charge in [-0.2, -0.15) is 5.26 Å². The number of carbonyl (C=O) groups is 1. The molecule has 26 heavy (non-hydrogen) atoms. The maximum absolute atomic E-state index is 12.6. The lowest BCUT2D eigenvalue weighted by atomic mass is 9.97. The predicted octanol–water partition coefficient (Wildman–Crippen LogP) is 4.24. The summed E-state index contributed by atoms with van der Waals surface area (Å²) >= 11 is 0. The van der Waals surface area contributed by atoms with Gasteiger partial charge < -0.3 is 9.15 Å². The van der Waals surface area contributed by atoms with Crippen LogP contribution in [0.1, 0.15) is 32.8 Å². The molecule has 0 saturated carbocycles. The average Bonchev–Trinajstić information content (AvgIpc) is 2.61. The first kappa shape index (κ1) is 19.2. The SMILES string of the molecule is CCOC(=O)/C(C#N)=C(/C=C/c1coc2ccccc2c1=O)CC(C)C. The number of fused-ring (bicyclic) bond motifs is 1. The quantitative estimate of drug-likeness (QED) is 0.337. The van der Waals surface area contributed by atoms with Crippen LogP contribution >= 0.6 is 0 Å². The zero-order chi connectivity index (χ0) is 19.1. The first-order valence-corrected chi connectivity index (χ1v) is 8.46. The normalized spacial score (nSPS) is 12.3. The molecule has 0 bridgehead atoms. The fourth-order valence-corrected chi connectivity index (χ4v) is 2.54. The Balaban J connectivity index is 2.49. The van der Waals surface area contributed by atoms with E-state index in [0.29, 0.717) is 28.5 Å². The van der Waals surface area contributed by atoms with Gasteiger partial charge in [-0.25, -0.2) is 4.79 Å². The van der Waals surface area contributed by atoms with Gasteiger partial charge in [-0.3, -0.25) is 4.79 Å². The molecule has 1 aromatic heterocycles. The van der Waals surface area contributed by atoms with E-state index in [1.54, 1.807) is 43.3 Å². The van der Waals surface area contributed by atoms with E-state index in [9.17, 15) is 14.9 Å². The van der Waals surface area contributed by atoms with Gasteiger partial charge in [0, 0.05) is 0 Å². The third-order valence-electron chi connectivity index (χ3n) is 3.71. The van der Waals surface area contributed by atoms with Crippen molar-refractivity contribution in [2.45, 2.75) is 27.2 Å². The zero-order valence-corrected chi connectivity index (χ0v) is 15.1. The topological polar surface area (TPSA) is 80.3 Å². The predicted molar refractivity (Wildman–Crippen MR) is 100 cm³/mol. The summed E-state index contributed by atoms with van der Waals surface area (Å²) < 4.78 is 10.4. The summed E-state index contributed by atoms with van der Waals surface area (Å²) in [6, 6.07) is 8.91. The van der Waals surface area contributed by atoms with Gasteiger partial charge in [-0.1, -0.05) is 32.1 Å². The third-order valence-corrected chi connectivity index (χ3v) is 3.71. The van der Waals surface area contributed by atoms with Crippen LogP contribution in [-0.4, -0.2) is 12.6 Å². The molecule has 0 aliphatic rings. The van der Waals surface area contributed by atoms with Crippen molar-refractivity contribution in [2.24, 2.45) is 5.92 Å². The molecular weight excluding hydrogens is 330 g/mol. The molecule has 0 spiro atoms. The first-order chi connectivity index (χ1) is 12.5. The summed E-state index contributed by atoms with van der Waals surface area (Å²) in [6.07, 6.45) is 5.09. The van der Waals surface area contributed by atoms with E-state index >= 15 is 0 Å². The maximum Gasteiger partial charge on any atom is 0.349 e. The van der Waals surface area contributed by atoms with Crippen LogP contribution in [0.15, 0.2) is 57.0 Å². The highest BCUT2D eigenvalue weighted by Gasteiger charge is 2.16. The monoisotopic (exact) mass is 351 g/mol. The van der Waals surface area contributed by atoms with Crippen LogP contribution in [0.2, 0.25) is 0 Å². The highest BCUT2D eigenvalue weighted by Crippen LogP contribution is 2.19. The van der Waals surface area contributed by atoms with Crippen LogP contribution in [-0.2, 0) is 9.53 Å². The molecule has 1 aromatic carbocycles. The van der Waals surface area contributed by atoms with Crippen LogP contribution in [0.4, 0.5) is 0 Å². The Labute approximate surface area is 152 Å². The summed E-state index contributed by atoms with van der Waals surface area (Å²) in [5, 5.41) is 9.86. The summed E-state index contributed by atoms with van der Waals surface area (Å²) in [5.41, 5.74) is 1.19. The van der Waals surface area contributed by atoms with Crippen molar-refractivity contribution in [3.05, 3.63) is 63.5 Å². The number of ether oxygens (including phenoxy) is 1. The van der Waals surface area contributed by atoms with Gasteiger partial charge in [0.1, 0.15) is 23.5 Å². The summed E-state index contributed by atoms with van der Waals surface area (Å²) in [6.45, 7) is 5.85. The lowest BCUT2D eigenvalue weighted by Gasteiger charge is -2.09. The fraction of sp³-hybridized carbons (Fsp3) is 0.286.